The van der Waals surface area contributed by atoms with Crippen molar-refractivity contribution in [3.8, 4) is 0 Å². The molecule has 0 bridgehead atoms. The molecule has 1 rings (SSSR count). The third kappa shape index (κ3) is 2.87. The molecule has 0 aliphatic carbocycles. The number of carboxylic acids is 1. The zero-order chi connectivity index (χ0) is 10.6. The Labute approximate surface area is 83.2 Å². The number of carboxylic acid groups (broad SMARTS) is 1. The Kier molecular flexibility index (Phi) is 3.68. The van der Waals surface area contributed by atoms with E-state index in [0.29, 0.717) is 13.0 Å². The summed E-state index contributed by atoms with van der Waals surface area (Å²) in [6.07, 6.45) is 3.45. The summed E-state index contributed by atoms with van der Waals surface area (Å²) >= 11 is 0. The van der Waals surface area contributed by atoms with Gasteiger partial charge >= 0.3 is 5.97 Å². The van der Waals surface area contributed by atoms with E-state index in [9.17, 15) is 9.59 Å². The Morgan fingerprint density at radius 3 is 2.79 bits per heavy atom. The largest absolute Gasteiger partial charge is 0.478 e. The Morgan fingerprint density at radius 1 is 1.43 bits per heavy atom. The minimum atomic E-state index is -1.03. The predicted molar refractivity (Wildman–Crippen MR) is 51.8 cm³/mol. The van der Waals surface area contributed by atoms with Crippen molar-refractivity contribution in [1.29, 1.82) is 0 Å². The molecule has 1 saturated heterocycles. The van der Waals surface area contributed by atoms with Crippen molar-refractivity contribution in [3.05, 3.63) is 12.2 Å². The van der Waals surface area contributed by atoms with Gasteiger partial charge in [-0.3, -0.25) is 4.79 Å². The van der Waals surface area contributed by atoms with Gasteiger partial charge in [0.05, 0.1) is 6.54 Å². The topological polar surface area (TPSA) is 57.6 Å². The average molecular weight is 197 g/mol. The van der Waals surface area contributed by atoms with Gasteiger partial charge in [-0.25, -0.2) is 4.79 Å². The Morgan fingerprint density at radius 2 is 2.14 bits per heavy atom. The average Bonchev–Trinajstić information content (AvgIpc) is 2.32. The van der Waals surface area contributed by atoms with E-state index in [0.717, 1.165) is 19.3 Å². The van der Waals surface area contributed by atoms with E-state index in [2.05, 4.69) is 6.58 Å². The van der Waals surface area contributed by atoms with Gasteiger partial charge in [-0.1, -0.05) is 13.0 Å². The van der Waals surface area contributed by atoms with Crippen LogP contribution in [0, 0.1) is 0 Å². The summed E-state index contributed by atoms with van der Waals surface area (Å²) in [7, 11) is 0. The molecule has 1 amide bonds. The van der Waals surface area contributed by atoms with Gasteiger partial charge in [0.1, 0.15) is 0 Å². The molecular weight excluding hydrogens is 182 g/mol. The van der Waals surface area contributed by atoms with Gasteiger partial charge in [-0.2, -0.15) is 0 Å². The highest BCUT2D eigenvalue weighted by molar-refractivity contribution is 5.87. The lowest BCUT2D eigenvalue weighted by Crippen LogP contribution is -2.33. The van der Waals surface area contributed by atoms with Crippen molar-refractivity contribution in [2.45, 2.75) is 25.7 Å². The summed E-state index contributed by atoms with van der Waals surface area (Å²) in [4.78, 5) is 23.6. The SMILES string of the molecule is C=C(CN1CCCCCC1=O)C(=O)O. The smallest absolute Gasteiger partial charge is 0.332 e. The van der Waals surface area contributed by atoms with Crippen LogP contribution in [0.15, 0.2) is 12.2 Å². The summed E-state index contributed by atoms with van der Waals surface area (Å²) in [5.74, 6) is -0.980. The van der Waals surface area contributed by atoms with E-state index in [1.165, 1.54) is 0 Å². The molecule has 0 atom stereocenters. The molecule has 0 radical (unpaired) electrons. The van der Waals surface area contributed by atoms with Gasteiger partial charge in [0.25, 0.3) is 0 Å². The Balaban J connectivity index is 2.52. The van der Waals surface area contributed by atoms with Crippen molar-refractivity contribution < 1.29 is 14.7 Å². The molecule has 0 aromatic carbocycles. The molecule has 0 saturated carbocycles. The molecular formula is C10H15NO3. The highest BCUT2D eigenvalue weighted by Gasteiger charge is 2.18. The quantitative estimate of drug-likeness (QED) is 0.687. The van der Waals surface area contributed by atoms with Crippen molar-refractivity contribution in [3.63, 3.8) is 0 Å². The molecule has 4 heteroatoms. The van der Waals surface area contributed by atoms with Crippen molar-refractivity contribution >= 4 is 11.9 Å². The molecule has 1 fully saturated rings. The van der Waals surface area contributed by atoms with E-state index in [1.54, 1.807) is 4.90 Å². The number of hydrogen-bond acceptors (Lipinski definition) is 2. The van der Waals surface area contributed by atoms with Crippen LogP contribution < -0.4 is 0 Å². The molecule has 14 heavy (non-hydrogen) atoms. The second kappa shape index (κ2) is 4.79. The third-order valence-electron chi connectivity index (χ3n) is 2.36. The molecule has 0 unspecified atom stereocenters. The first-order chi connectivity index (χ1) is 6.61. The number of aliphatic carboxylic acids is 1. The fraction of sp³-hybridized carbons (Fsp3) is 0.600. The normalized spacial score (nSPS) is 17.7. The molecule has 0 aromatic heterocycles. The van der Waals surface area contributed by atoms with Crippen LogP contribution in [0.25, 0.3) is 0 Å². The van der Waals surface area contributed by atoms with Crippen molar-refractivity contribution in [1.82, 2.24) is 4.90 Å². The number of amides is 1. The summed E-state index contributed by atoms with van der Waals surface area (Å²) in [5, 5.41) is 8.63. The summed E-state index contributed by atoms with van der Waals surface area (Å²) in [6.45, 7) is 4.24. The van der Waals surface area contributed by atoms with E-state index < -0.39 is 5.97 Å². The number of nitrogens with zero attached hydrogens (tertiary/aromatic N) is 1. The minimum absolute atomic E-state index is 0.0462. The summed E-state index contributed by atoms with van der Waals surface area (Å²) in [6, 6.07) is 0. The zero-order valence-electron chi connectivity index (χ0n) is 8.16. The third-order valence-corrected chi connectivity index (χ3v) is 2.36. The first-order valence-electron chi connectivity index (χ1n) is 4.80. The fourth-order valence-electron chi connectivity index (χ4n) is 1.50. The molecule has 1 aliphatic rings. The van der Waals surface area contributed by atoms with E-state index in [-0.39, 0.29) is 18.0 Å². The Bertz CT molecular complexity index is 260. The Hall–Kier alpha value is -1.32. The van der Waals surface area contributed by atoms with Crippen LogP contribution >= 0.6 is 0 Å². The van der Waals surface area contributed by atoms with Crippen LogP contribution in [0.1, 0.15) is 25.7 Å². The van der Waals surface area contributed by atoms with Crippen LogP contribution in [-0.2, 0) is 9.59 Å². The lowest BCUT2D eigenvalue weighted by Gasteiger charge is -2.19. The van der Waals surface area contributed by atoms with Gasteiger partial charge in [-0.05, 0) is 12.8 Å². The molecule has 0 aromatic rings. The first-order valence-corrected chi connectivity index (χ1v) is 4.80. The van der Waals surface area contributed by atoms with Crippen LogP contribution in [-0.4, -0.2) is 35.0 Å². The highest BCUT2D eigenvalue weighted by atomic mass is 16.4. The monoisotopic (exact) mass is 197 g/mol. The zero-order valence-corrected chi connectivity index (χ0v) is 8.16. The van der Waals surface area contributed by atoms with E-state index >= 15 is 0 Å². The molecule has 1 heterocycles. The number of hydrogen-bond donors (Lipinski definition) is 1. The van der Waals surface area contributed by atoms with Gasteiger partial charge in [0.2, 0.25) is 5.91 Å². The standard InChI is InChI=1S/C10H15NO3/c1-8(10(13)14)7-11-6-4-2-3-5-9(11)12/h1-7H2,(H,13,14). The summed E-state index contributed by atoms with van der Waals surface area (Å²) in [5.41, 5.74) is 0.0836. The number of likely N-dealkylation sites (tertiary alicyclic amines) is 1. The number of carbonyl (C=O) groups excluding carboxylic acids is 1. The summed E-state index contributed by atoms with van der Waals surface area (Å²) < 4.78 is 0. The maximum absolute atomic E-state index is 11.5. The van der Waals surface area contributed by atoms with E-state index in [4.69, 9.17) is 5.11 Å². The molecule has 1 aliphatic heterocycles. The minimum Gasteiger partial charge on any atom is -0.478 e. The maximum atomic E-state index is 11.5. The second-order valence-corrected chi connectivity index (χ2v) is 3.53. The lowest BCUT2D eigenvalue weighted by molar-refractivity contribution is -0.133. The number of rotatable bonds is 3. The van der Waals surface area contributed by atoms with Crippen LogP contribution in [0.5, 0.6) is 0 Å². The van der Waals surface area contributed by atoms with Crippen LogP contribution in [0.4, 0.5) is 0 Å². The van der Waals surface area contributed by atoms with Gasteiger partial charge in [-0.15, -0.1) is 0 Å². The molecule has 1 N–H and O–H groups in total. The van der Waals surface area contributed by atoms with Crippen molar-refractivity contribution in [2.24, 2.45) is 0 Å². The molecule has 4 nitrogen and oxygen atoms in total. The molecule has 0 spiro atoms. The van der Waals surface area contributed by atoms with Crippen LogP contribution in [0.2, 0.25) is 0 Å². The molecule has 78 valence electrons. The highest BCUT2D eigenvalue weighted by Crippen LogP contribution is 2.12. The van der Waals surface area contributed by atoms with Gasteiger partial charge in [0.15, 0.2) is 0 Å². The first kappa shape index (κ1) is 10.8. The van der Waals surface area contributed by atoms with Gasteiger partial charge in [0, 0.05) is 18.5 Å². The predicted octanol–water partition coefficient (Wildman–Crippen LogP) is 1.03. The van der Waals surface area contributed by atoms with Crippen molar-refractivity contribution in [2.75, 3.05) is 13.1 Å². The van der Waals surface area contributed by atoms with Gasteiger partial charge < -0.3 is 10.0 Å². The number of carbonyl (C=O) groups is 2. The fourth-order valence-corrected chi connectivity index (χ4v) is 1.50. The van der Waals surface area contributed by atoms with E-state index in [1.807, 2.05) is 0 Å². The maximum Gasteiger partial charge on any atom is 0.332 e. The second-order valence-electron chi connectivity index (χ2n) is 3.53. The van der Waals surface area contributed by atoms with Crippen LogP contribution in [0.3, 0.4) is 0 Å². The lowest BCUT2D eigenvalue weighted by atomic mass is 10.2.